The van der Waals surface area contributed by atoms with Gasteiger partial charge in [0.25, 0.3) is 5.91 Å². The van der Waals surface area contributed by atoms with Crippen LogP contribution in [0.2, 0.25) is 0 Å². The van der Waals surface area contributed by atoms with E-state index in [0.29, 0.717) is 12.5 Å². The molecule has 3 aromatic carbocycles. The van der Waals surface area contributed by atoms with Crippen molar-refractivity contribution in [1.29, 1.82) is 0 Å². The molecule has 0 atom stereocenters. The molecule has 0 aromatic heterocycles. The Kier molecular flexibility index (Phi) is 3.47. The van der Waals surface area contributed by atoms with Gasteiger partial charge in [0.15, 0.2) is 0 Å². The van der Waals surface area contributed by atoms with Gasteiger partial charge in [-0.15, -0.1) is 0 Å². The van der Waals surface area contributed by atoms with Gasteiger partial charge in [0.05, 0.1) is 5.69 Å². The Morgan fingerprint density at radius 3 is 2.69 bits per heavy atom. The molecule has 130 valence electrons. The number of carbonyl (C=O) groups excluding carboxylic acids is 1. The number of hydrogen-bond acceptors (Lipinski definition) is 3. The molecule has 26 heavy (non-hydrogen) atoms. The molecule has 0 spiro atoms. The first-order valence-electron chi connectivity index (χ1n) is 9.08. The number of anilines is 1. The van der Waals surface area contributed by atoms with Crippen LogP contribution in [0.4, 0.5) is 5.69 Å². The van der Waals surface area contributed by atoms with Gasteiger partial charge in [-0.1, -0.05) is 36.4 Å². The summed E-state index contributed by atoms with van der Waals surface area (Å²) in [5.41, 5.74) is 4.02. The molecule has 2 heterocycles. The predicted molar refractivity (Wildman–Crippen MR) is 103 cm³/mol. The molecule has 4 nitrogen and oxygen atoms in total. The number of fused-ring (bicyclic) bond motifs is 2. The van der Waals surface area contributed by atoms with Crippen LogP contribution in [0.25, 0.3) is 10.8 Å². The number of nitrogens with zero attached hydrogens (tertiary/aromatic N) is 1. The normalized spacial score (nSPS) is 17.2. The maximum atomic E-state index is 13.2. The zero-order valence-corrected chi connectivity index (χ0v) is 14.4. The van der Waals surface area contributed by atoms with Gasteiger partial charge in [0, 0.05) is 42.6 Å². The topological polar surface area (TPSA) is 52.6 Å². The van der Waals surface area contributed by atoms with Gasteiger partial charge in [-0.25, -0.2) is 0 Å². The SMILES string of the molecule is O=C1c2ccc(C3CNC3)cc2CCN1c1cc(O)cc2ccccc12. The molecule has 0 radical (unpaired) electrons. The van der Waals surface area contributed by atoms with Crippen molar-refractivity contribution in [3.63, 3.8) is 0 Å². The number of hydrogen-bond donors (Lipinski definition) is 2. The van der Waals surface area contributed by atoms with E-state index < -0.39 is 0 Å². The van der Waals surface area contributed by atoms with Crippen LogP contribution in [-0.2, 0) is 6.42 Å². The summed E-state index contributed by atoms with van der Waals surface area (Å²) in [6.45, 7) is 2.67. The summed E-state index contributed by atoms with van der Waals surface area (Å²) >= 11 is 0. The summed E-state index contributed by atoms with van der Waals surface area (Å²) in [6.07, 6.45) is 0.832. The van der Waals surface area contributed by atoms with Gasteiger partial charge in [-0.05, 0) is 35.1 Å². The maximum Gasteiger partial charge on any atom is 0.258 e. The van der Waals surface area contributed by atoms with Crippen molar-refractivity contribution >= 4 is 22.4 Å². The molecule has 4 heteroatoms. The summed E-state index contributed by atoms with van der Waals surface area (Å²) in [6, 6.07) is 17.6. The van der Waals surface area contributed by atoms with Crippen LogP contribution in [-0.4, -0.2) is 30.6 Å². The Labute approximate surface area is 152 Å². The fourth-order valence-electron chi connectivity index (χ4n) is 4.01. The third kappa shape index (κ3) is 2.37. The first-order valence-corrected chi connectivity index (χ1v) is 9.08. The molecule has 0 unspecified atom stereocenters. The van der Waals surface area contributed by atoms with E-state index in [1.165, 1.54) is 5.56 Å². The van der Waals surface area contributed by atoms with E-state index >= 15 is 0 Å². The van der Waals surface area contributed by atoms with Crippen molar-refractivity contribution in [2.75, 3.05) is 24.5 Å². The minimum absolute atomic E-state index is 0.0142. The Morgan fingerprint density at radius 1 is 1.04 bits per heavy atom. The Bertz CT molecular complexity index is 1020. The van der Waals surface area contributed by atoms with Crippen LogP contribution in [0.15, 0.2) is 54.6 Å². The van der Waals surface area contributed by atoms with Crippen LogP contribution in [0.1, 0.15) is 27.4 Å². The van der Waals surface area contributed by atoms with Gasteiger partial charge in [0.2, 0.25) is 0 Å². The average Bonchev–Trinajstić information content (AvgIpc) is 2.60. The number of amides is 1. The second-order valence-electron chi connectivity index (χ2n) is 7.16. The standard InChI is InChI=1S/C22H20N2O2/c25-18-10-15-3-1-2-4-19(15)21(11-18)24-8-7-16-9-14(17-12-23-13-17)5-6-20(16)22(24)26/h1-6,9-11,17,23,25H,7-8,12-13H2. The quantitative estimate of drug-likeness (QED) is 0.749. The van der Waals surface area contributed by atoms with Crippen LogP contribution in [0.3, 0.4) is 0 Å². The van der Waals surface area contributed by atoms with Gasteiger partial charge in [0.1, 0.15) is 5.75 Å². The van der Waals surface area contributed by atoms with Crippen molar-refractivity contribution in [3.05, 3.63) is 71.3 Å². The number of aromatic hydroxyl groups is 1. The fraction of sp³-hybridized carbons (Fsp3) is 0.227. The molecule has 0 saturated carbocycles. The number of benzene rings is 3. The highest BCUT2D eigenvalue weighted by molar-refractivity contribution is 6.12. The Hall–Kier alpha value is -2.85. The molecular formula is C22H20N2O2. The summed E-state index contributed by atoms with van der Waals surface area (Å²) in [5.74, 6) is 0.772. The minimum Gasteiger partial charge on any atom is -0.508 e. The second kappa shape index (κ2) is 5.85. The molecule has 0 bridgehead atoms. The van der Waals surface area contributed by atoms with Gasteiger partial charge >= 0.3 is 0 Å². The lowest BCUT2D eigenvalue weighted by Crippen LogP contribution is -2.40. The number of carbonyl (C=O) groups is 1. The molecule has 0 aliphatic carbocycles. The number of phenols is 1. The van der Waals surface area contributed by atoms with E-state index in [-0.39, 0.29) is 11.7 Å². The highest BCUT2D eigenvalue weighted by Crippen LogP contribution is 2.35. The number of phenolic OH excluding ortho intramolecular Hbond substituents is 1. The van der Waals surface area contributed by atoms with Crippen molar-refractivity contribution in [1.82, 2.24) is 5.32 Å². The zero-order valence-electron chi connectivity index (χ0n) is 14.4. The third-order valence-corrected chi connectivity index (χ3v) is 5.58. The summed E-state index contributed by atoms with van der Waals surface area (Å²) in [5, 5.41) is 15.3. The van der Waals surface area contributed by atoms with Crippen molar-refractivity contribution in [2.24, 2.45) is 0 Å². The smallest absolute Gasteiger partial charge is 0.258 e. The second-order valence-corrected chi connectivity index (χ2v) is 7.16. The lowest BCUT2D eigenvalue weighted by molar-refractivity contribution is 0.0981. The van der Waals surface area contributed by atoms with E-state index in [2.05, 4.69) is 17.4 Å². The first-order chi connectivity index (χ1) is 12.7. The molecule has 1 saturated heterocycles. The van der Waals surface area contributed by atoms with Crippen LogP contribution in [0.5, 0.6) is 5.75 Å². The molecule has 2 aliphatic heterocycles. The molecule has 2 aliphatic rings. The molecule has 5 rings (SSSR count). The lowest BCUT2D eigenvalue weighted by Gasteiger charge is -2.32. The lowest BCUT2D eigenvalue weighted by atomic mass is 9.88. The van der Waals surface area contributed by atoms with Crippen LogP contribution >= 0.6 is 0 Å². The summed E-state index contributed by atoms with van der Waals surface area (Å²) < 4.78 is 0. The Morgan fingerprint density at radius 2 is 1.88 bits per heavy atom. The minimum atomic E-state index is 0.0142. The van der Waals surface area contributed by atoms with Crippen LogP contribution in [0, 0.1) is 0 Å². The summed E-state index contributed by atoms with van der Waals surface area (Å²) in [4.78, 5) is 15.0. The summed E-state index contributed by atoms with van der Waals surface area (Å²) in [7, 11) is 0. The molecule has 1 amide bonds. The maximum absolute atomic E-state index is 13.2. The van der Waals surface area contributed by atoms with Crippen molar-refractivity contribution < 1.29 is 9.90 Å². The van der Waals surface area contributed by atoms with Gasteiger partial charge in [-0.3, -0.25) is 4.79 Å². The van der Waals surface area contributed by atoms with E-state index in [0.717, 1.165) is 47.1 Å². The van der Waals surface area contributed by atoms with E-state index in [1.54, 1.807) is 17.0 Å². The zero-order chi connectivity index (χ0) is 17.7. The van der Waals surface area contributed by atoms with E-state index in [4.69, 9.17) is 0 Å². The predicted octanol–water partition coefficient (Wildman–Crippen LogP) is 3.44. The molecule has 2 N–H and O–H groups in total. The van der Waals surface area contributed by atoms with Gasteiger partial charge < -0.3 is 15.3 Å². The average molecular weight is 344 g/mol. The first kappa shape index (κ1) is 15.4. The fourth-order valence-corrected chi connectivity index (χ4v) is 4.01. The van der Waals surface area contributed by atoms with Crippen molar-refractivity contribution in [3.8, 4) is 5.75 Å². The number of nitrogens with one attached hydrogen (secondary N) is 1. The molecular weight excluding hydrogens is 324 g/mol. The van der Waals surface area contributed by atoms with E-state index in [1.807, 2.05) is 30.3 Å². The highest BCUT2D eigenvalue weighted by Gasteiger charge is 2.28. The third-order valence-electron chi connectivity index (χ3n) is 5.58. The van der Waals surface area contributed by atoms with E-state index in [9.17, 15) is 9.90 Å². The van der Waals surface area contributed by atoms with Crippen LogP contribution < -0.4 is 10.2 Å². The monoisotopic (exact) mass is 344 g/mol. The van der Waals surface area contributed by atoms with Gasteiger partial charge in [-0.2, -0.15) is 0 Å². The molecule has 1 fully saturated rings. The largest absolute Gasteiger partial charge is 0.508 e. The Balaban J connectivity index is 1.56. The highest BCUT2D eigenvalue weighted by atomic mass is 16.3. The molecule has 3 aromatic rings. The van der Waals surface area contributed by atoms with Crippen molar-refractivity contribution in [2.45, 2.75) is 12.3 Å². The number of rotatable bonds is 2.